The summed E-state index contributed by atoms with van der Waals surface area (Å²) in [5.74, 6) is 0.377. The first-order valence-electron chi connectivity index (χ1n) is 6.42. The van der Waals surface area contributed by atoms with Crippen LogP contribution >= 0.6 is 27.3 Å². The van der Waals surface area contributed by atoms with E-state index < -0.39 is 0 Å². The summed E-state index contributed by atoms with van der Waals surface area (Å²) in [6.45, 7) is 0. The maximum absolute atomic E-state index is 5.97. The molecule has 2 aromatic carbocycles. The Labute approximate surface area is 139 Å². The molecular weight excluding hydrogens is 362 g/mol. The molecule has 22 heavy (non-hydrogen) atoms. The van der Waals surface area contributed by atoms with Gasteiger partial charge < -0.3 is 11.5 Å². The van der Waals surface area contributed by atoms with Crippen molar-refractivity contribution < 1.29 is 0 Å². The van der Waals surface area contributed by atoms with Crippen LogP contribution in [0.25, 0.3) is 10.2 Å². The van der Waals surface area contributed by atoms with Gasteiger partial charge in [0.25, 0.3) is 0 Å². The number of amidine groups is 1. The lowest BCUT2D eigenvalue weighted by atomic mass is 10.2. The monoisotopic (exact) mass is 373 g/mol. The molecule has 0 bridgehead atoms. The first-order chi connectivity index (χ1) is 10.6. The molecule has 0 unspecified atom stereocenters. The Kier molecular flexibility index (Phi) is 4.17. The number of aromatic nitrogens is 1. The number of hydrogen-bond acceptors (Lipinski definition) is 3. The van der Waals surface area contributed by atoms with Crippen molar-refractivity contribution in [3.8, 4) is 0 Å². The van der Waals surface area contributed by atoms with E-state index in [1.54, 1.807) is 0 Å². The lowest BCUT2D eigenvalue weighted by Gasteiger charge is -2.02. The van der Waals surface area contributed by atoms with Gasteiger partial charge in [-0.2, -0.15) is 9.98 Å². The molecule has 0 aliphatic rings. The third-order valence-corrected chi connectivity index (χ3v) is 4.50. The molecule has 0 aliphatic carbocycles. The zero-order valence-corrected chi connectivity index (χ0v) is 13.8. The standard InChI is InChI=1S/C15H12BrN5S/c16-10-6-2-1-5-9(10)13(17)20-14(18)21-15-19-11-7-3-4-8-12(11)22-15/h1-8H,(H4,17,18,19,20,21). The molecule has 0 saturated carbocycles. The number of rotatable bonds is 2. The molecule has 0 fully saturated rings. The van der Waals surface area contributed by atoms with Gasteiger partial charge in [-0.3, -0.25) is 0 Å². The molecular formula is C15H12BrN5S. The van der Waals surface area contributed by atoms with Gasteiger partial charge in [0.1, 0.15) is 5.84 Å². The SMILES string of the molecule is NC(=Nc1nc2ccccc2s1)N=C(N)c1ccccc1Br. The Bertz CT molecular complexity index is 851. The van der Waals surface area contributed by atoms with Crippen molar-refractivity contribution in [1.82, 2.24) is 4.98 Å². The molecule has 3 aromatic rings. The quantitative estimate of drug-likeness (QED) is 0.532. The van der Waals surface area contributed by atoms with Crippen molar-refractivity contribution >= 4 is 54.4 Å². The average Bonchev–Trinajstić information content (AvgIpc) is 2.89. The number of benzene rings is 2. The highest BCUT2D eigenvalue weighted by molar-refractivity contribution is 9.10. The third kappa shape index (κ3) is 3.15. The Balaban J connectivity index is 1.91. The predicted octanol–water partition coefficient (Wildman–Crippen LogP) is 3.41. The van der Waals surface area contributed by atoms with Crippen LogP contribution in [0.15, 0.2) is 63.0 Å². The third-order valence-electron chi connectivity index (χ3n) is 2.88. The average molecular weight is 374 g/mol. The Hall–Kier alpha value is -2.25. The number of para-hydroxylation sites is 1. The van der Waals surface area contributed by atoms with Crippen LogP contribution in [0.2, 0.25) is 0 Å². The van der Waals surface area contributed by atoms with Crippen LogP contribution in [0.5, 0.6) is 0 Å². The molecule has 0 aliphatic heterocycles. The van der Waals surface area contributed by atoms with E-state index in [-0.39, 0.29) is 5.96 Å². The predicted molar refractivity (Wildman–Crippen MR) is 95.8 cm³/mol. The summed E-state index contributed by atoms with van der Waals surface area (Å²) in [5.41, 5.74) is 13.5. The molecule has 1 aromatic heterocycles. The van der Waals surface area contributed by atoms with Crippen LogP contribution in [-0.4, -0.2) is 16.8 Å². The molecule has 1 heterocycles. The minimum absolute atomic E-state index is 0.0762. The van der Waals surface area contributed by atoms with Gasteiger partial charge in [0.2, 0.25) is 11.1 Å². The van der Waals surface area contributed by atoms with Crippen LogP contribution < -0.4 is 11.5 Å². The van der Waals surface area contributed by atoms with E-state index in [9.17, 15) is 0 Å². The maximum atomic E-state index is 5.97. The summed E-state index contributed by atoms with van der Waals surface area (Å²) >= 11 is 4.88. The van der Waals surface area contributed by atoms with Crippen LogP contribution in [0, 0.1) is 0 Å². The summed E-state index contributed by atoms with van der Waals surface area (Å²) in [7, 11) is 0. The fourth-order valence-electron chi connectivity index (χ4n) is 1.88. The Morgan fingerprint density at radius 2 is 1.77 bits per heavy atom. The normalized spacial score (nSPS) is 12.8. The highest BCUT2D eigenvalue weighted by atomic mass is 79.9. The summed E-state index contributed by atoms with van der Waals surface area (Å²) in [4.78, 5) is 12.7. The van der Waals surface area contributed by atoms with Crippen molar-refractivity contribution in [2.24, 2.45) is 21.5 Å². The minimum atomic E-state index is 0.0762. The first kappa shape index (κ1) is 14.7. The molecule has 0 saturated heterocycles. The van der Waals surface area contributed by atoms with Crippen molar-refractivity contribution in [3.63, 3.8) is 0 Å². The number of guanidine groups is 1. The molecule has 0 amide bonds. The zero-order valence-electron chi connectivity index (χ0n) is 11.4. The molecule has 5 nitrogen and oxygen atoms in total. The van der Waals surface area contributed by atoms with Crippen molar-refractivity contribution in [2.45, 2.75) is 0 Å². The fraction of sp³-hybridized carbons (Fsp3) is 0. The molecule has 4 N–H and O–H groups in total. The number of fused-ring (bicyclic) bond motifs is 1. The molecule has 0 atom stereocenters. The van der Waals surface area contributed by atoms with Crippen molar-refractivity contribution in [2.75, 3.05) is 0 Å². The number of aliphatic imine (C=N–C) groups is 2. The largest absolute Gasteiger partial charge is 0.383 e. The van der Waals surface area contributed by atoms with Crippen LogP contribution in [0.4, 0.5) is 5.13 Å². The van der Waals surface area contributed by atoms with E-state index in [4.69, 9.17) is 11.5 Å². The lowest BCUT2D eigenvalue weighted by Crippen LogP contribution is -2.19. The van der Waals surface area contributed by atoms with Gasteiger partial charge in [0, 0.05) is 10.0 Å². The van der Waals surface area contributed by atoms with Gasteiger partial charge in [0.05, 0.1) is 10.2 Å². The second kappa shape index (κ2) is 6.25. The number of thiazole rings is 1. The molecule has 7 heteroatoms. The lowest BCUT2D eigenvalue weighted by molar-refractivity contribution is 1.35. The van der Waals surface area contributed by atoms with Gasteiger partial charge in [0.15, 0.2) is 0 Å². The van der Waals surface area contributed by atoms with E-state index in [2.05, 4.69) is 30.9 Å². The molecule has 110 valence electrons. The summed E-state index contributed by atoms with van der Waals surface area (Å²) in [6, 6.07) is 15.3. The molecule has 0 spiro atoms. The zero-order chi connectivity index (χ0) is 15.5. The highest BCUT2D eigenvalue weighted by Gasteiger charge is 2.05. The number of nitrogens with zero attached hydrogens (tertiary/aromatic N) is 3. The van der Waals surface area contributed by atoms with Crippen LogP contribution in [-0.2, 0) is 0 Å². The summed E-state index contributed by atoms with van der Waals surface area (Å²) in [5, 5.41) is 0.558. The van der Waals surface area contributed by atoms with E-state index in [1.807, 2.05) is 48.5 Å². The Morgan fingerprint density at radius 3 is 2.55 bits per heavy atom. The van der Waals surface area contributed by atoms with E-state index in [0.717, 1.165) is 20.3 Å². The van der Waals surface area contributed by atoms with Gasteiger partial charge in [-0.15, -0.1) is 0 Å². The van der Waals surface area contributed by atoms with Crippen molar-refractivity contribution in [3.05, 3.63) is 58.6 Å². The minimum Gasteiger partial charge on any atom is -0.383 e. The molecule has 0 radical (unpaired) electrons. The Morgan fingerprint density at radius 1 is 1.05 bits per heavy atom. The number of nitrogens with two attached hydrogens (primary N) is 2. The van der Waals surface area contributed by atoms with Gasteiger partial charge in [-0.05, 0) is 18.2 Å². The number of halogens is 1. The number of hydrogen-bond donors (Lipinski definition) is 2. The summed E-state index contributed by atoms with van der Waals surface area (Å²) < 4.78 is 1.90. The van der Waals surface area contributed by atoms with Crippen LogP contribution in [0.1, 0.15) is 5.56 Å². The van der Waals surface area contributed by atoms with E-state index in [1.165, 1.54) is 11.3 Å². The second-order valence-corrected chi connectivity index (χ2v) is 6.27. The molecule has 3 rings (SSSR count). The van der Waals surface area contributed by atoms with Gasteiger partial charge in [-0.25, -0.2) is 4.98 Å². The maximum Gasteiger partial charge on any atom is 0.224 e. The topological polar surface area (TPSA) is 89.6 Å². The van der Waals surface area contributed by atoms with E-state index >= 15 is 0 Å². The highest BCUT2D eigenvalue weighted by Crippen LogP contribution is 2.27. The van der Waals surface area contributed by atoms with Crippen molar-refractivity contribution in [1.29, 1.82) is 0 Å². The smallest absolute Gasteiger partial charge is 0.224 e. The van der Waals surface area contributed by atoms with Gasteiger partial charge in [-0.1, -0.05) is 57.6 Å². The second-order valence-electron chi connectivity index (χ2n) is 4.41. The first-order valence-corrected chi connectivity index (χ1v) is 8.03. The summed E-state index contributed by atoms with van der Waals surface area (Å²) in [6.07, 6.45) is 0. The van der Waals surface area contributed by atoms with Gasteiger partial charge >= 0.3 is 0 Å². The van der Waals surface area contributed by atoms with Crippen LogP contribution in [0.3, 0.4) is 0 Å². The fourth-order valence-corrected chi connectivity index (χ4v) is 3.22. The van der Waals surface area contributed by atoms with E-state index in [0.29, 0.717) is 11.0 Å².